The van der Waals surface area contributed by atoms with E-state index in [1.54, 1.807) is 11.3 Å². The molecule has 0 bridgehead atoms. The van der Waals surface area contributed by atoms with Gasteiger partial charge in [0.2, 0.25) is 0 Å². The third kappa shape index (κ3) is 2.41. The van der Waals surface area contributed by atoms with Crippen LogP contribution in [-0.2, 0) is 0 Å². The fraction of sp³-hybridized carbons (Fsp3) is 0.235. The van der Waals surface area contributed by atoms with Gasteiger partial charge in [0.25, 0.3) is 0 Å². The second-order valence-corrected chi connectivity index (χ2v) is 6.42. The van der Waals surface area contributed by atoms with Gasteiger partial charge in [-0.05, 0) is 56.5 Å². The highest BCUT2D eigenvalue weighted by atomic mass is 32.1. The molecule has 0 aliphatic rings. The van der Waals surface area contributed by atoms with Crippen molar-refractivity contribution in [2.45, 2.75) is 27.7 Å². The highest BCUT2D eigenvalue weighted by Gasteiger charge is 2.08. The molecule has 2 nitrogen and oxygen atoms in total. The minimum atomic E-state index is 0.959. The molecule has 0 saturated heterocycles. The molecule has 3 rings (SSSR count). The summed E-state index contributed by atoms with van der Waals surface area (Å²) in [7, 11) is 0. The Morgan fingerprint density at radius 3 is 2.30 bits per heavy atom. The summed E-state index contributed by atoms with van der Waals surface area (Å²) in [5, 5.41) is 4.44. The summed E-state index contributed by atoms with van der Waals surface area (Å²) in [5.41, 5.74) is 7.33. The first-order chi connectivity index (χ1) is 9.52. The van der Waals surface area contributed by atoms with Gasteiger partial charge in [0.1, 0.15) is 0 Å². The van der Waals surface area contributed by atoms with E-state index in [2.05, 4.69) is 68.3 Å². The van der Waals surface area contributed by atoms with Gasteiger partial charge in [-0.15, -0.1) is 0 Å². The van der Waals surface area contributed by atoms with Crippen LogP contribution in [0.2, 0.25) is 0 Å². The summed E-state index contributed by atoms with van der Waals surface area (Å²) in [5.74, 6) is 0. The maximum atomic E-state index is 4.66. The zero-order chi connectivity index (χ0) is 14.3. The van der Waals surface area contributed by atoms with Crippen LogP contribution in [0.1, 0.15) is 22.3 Å². The van der Waals surface area contributed by atoms with Crippen LogP contribution in [0.3, 0.4) is 0 Å². The summed E-state index contributed by atoms with van der Waals surface area (Å²) in [6.07, 6.45) is 0. The SMILES string of the molecule is Cc1cc(C)c(Nc2nc3ccc(C)cc3s2)c(C)c1. The summed E-state index contributed by atoms with van der Waals surface area (Å²) in [6.45, 7) is 8.52. The van der Waals surface area contributed by atoms with Crippen LogP contribution < -0.4 is 5.32 Å². The van der Waals surface area contributed by atoms with Gasteiger partial charge in [0.15, 0.2) is 5.13 Å². The van der Waals surface area contributed by atoms with Crippen LogP contribution in [-0.4, -0.2) is 4.98 Å². The van der Waals surface area contributed by atoms with Crippen molar-refractivity contribution in [2.24, 2.45) is 0 Å². The molecule has 0 atom stereocenters. The Bertz CT molecular complexity index is 764. The Labute approximate surface area is 123 Å². The summed E-state index contributed by atoms with van der Waals surface area (Å²) in [4.78, 5) is 4.66. The number of rotatable bonds is 2. The quantitative estimate of drug-likeness (QED) is 0.692. The third-order valence-electron chi connectivity index (χ3n) is 3.45. The number of nitrogens with zero attached hydrogens (tertiary/aromatic N) is 1. The van der Waals surface area contributed by atoms with Crippen LogP contribution in [0.5, 0.6) is 0 Å². The summed E-state index contributed by atoms with van der Waals surface area (Å²) in [6, 6.07) is 10.8. The molecule has 102 valence electrons. The summed E-state index contributed by atoms with van der Waals surface area (Å²) >= 11 is 1.71. The van der Waals surface area contributed by atoms with Crippen LogP contribution in [0.25, 0.3) is 10.2 Å². The largest absolute Gasteiger partial charge is 0.331 e. The van der Waals surface area contributed by atoms with Crippen LogP contribution in [0.4, 0.5) is 10.8 Å². The van der Waals surface area contributed by atoms with Crippen molar-refractivity contribution in [3.05, 3.63) is 52.6 Å². The average Bonchev–Trinajstić information content (AvgIpc) is 2.75. The van der Waals surface area contributed by atoms with Crippen molar-refractivity contribution in [1.82, 2.24) is 4.98 Å². The highest BCUT2D eigenvalue weighted by molar-refractivity contribution is 7.22. The van der Waals surface area contributed by atoms with Gasteiger partial charge in [0, 0.05) is 5.69 Å². The molecule has 0 saturated carbocycles. The highest BCUT2D eigenvalue weighted by Crippen LogP contribution is 2.31. The number of aryl methyl sites for hydroxylation is 4. The number of hydrogen-bond donors (Lipinski definition) is 1. The lowest BCUT2D eigenvalue weighted by atomic mass is 10.1. The van der Waals surface area contributed by atoms with E-state index in [1.165, 1.54) is 32.6 Å². The predicted octanol–water partition coefficient (Wildman–Crippen LogP) is 5.27. The first-order valence-corrected chi connectivity index (χ1v) is 7.56. The molecule has 0 amide bonds. The molecule has 0 radical (unpaired) electrons. The number of fused-ring (bicyclic) bond motifs is 1. The maximum absolute atomic E-state index is 4.66. The average molecular weight is 282 g/mol. The number of thiazole rings is 1. The lowest BCUT2D eigenvalue weighted by molar-refractivity contribution is 1.30. The normalized spacial score (nSPS) is 11.0. The fourth-order valence-electron chi connectivity index (χ4n) is 2.57. The number of nitrogens with one attached hydrogen (secondary N) is 1. The molecule has 1 aromatic heterocycles. The lowest BCUT2D eigenvalue weighted by Gasteiger charge is -2.11. The number of aromatic nitrogens is 1. The fourth-order valence-corrected chi connectivity index (χ4v) is 3.54. The second kappa shape index (κ2) is 4.91. The zero-order valence-corrected chi connectivity index (χ0v) is 13.1. The number of hydrogen-bond acceptors (Lipinski definition) is 3. The zero-order valence-electron chi connectivity index (χ0n) is 12.2. The monoisotopic (exact) mass is 282 g/mol. The van der Waals surface area contributed by atoms with Gasteiger partial charge < -0.3 is 5.32 Å². The van der Waals surface area contributed by atoms with Crippen LogP contribution in [0, 0.1) is 27.7 Å². The topological polar surface area (TPSA) is 24.9 Å². The minimum absolute atomic E-state index is 0.959. The van der Waals surface area contributed by atoms with Crippen molar-refractivity contribution in [3.8, 4) is 0 Å². The molecular formula is C17H18N2S. The van der Waals surface area contributed by atoms with Gasteiger partial charge >= 0.3 is 0 Å². The van der Waals surface area contributed by atoms with E-state index in [-0.39, 0.29) is 0 Å². The van der Waals surface area contributed by atoms with E-state index < -0.39 is 0 Å². The van der Waals surface area contributed by atoms with Crippen molar-refractivity contribution < 1.29 is 0 Å². The van der Waals surface area contributed by atoms with Crippen molar-refractivity contribution >= 4 is 32.4 Å². The molecule has 3 aromatic rings. The molecule has 0 aliphatic carbocycles. The van der Waals surface area contributed by atoms with Crippen molar-refractivity contribution in [3.63, 3.8) is 0 Å². The van der Waals surface area contributed by atoms with E-state index >= 15 is 0 Å². The van der Waals surface area contributed by atoms with Gasteiger partial charge in [0.05, 0.1) is 10.2 Å². The van der Waals surface area contributed by atoms with E-state index in [4.69, 9.17) is 0 Å². The van der Waals surface area contributed by atoms with Crippen LogP contribution in [0.15, 0.2) is 30.3 Å². The number of anilines is 2. The molecule has 0 aliphatic heterocycles. The predicted molar refractivity (Wildman–Crippen MR) is 88.3 cm³/mol. The number of benzene rings is 2. The lowest BCUT2D eigenvalue weighted by Crippen LogP contribution is -1.96. The molecule has 2 aromatic carbocycles. The van der Waals surface area contributed by atoms with Gasteiger partial charge in [-0.2, -0.15) is 0 Å². The minimum Gasteiger partial charge on any atom is -0.331 e. The summed E-state index contributed by atoms with van der Waals surface area (Å²) < 4.78 is 1.23. The molecular weight excluding hydrogens is 264 g/mol. The van der Waals surface area contributed by atoms with E-state index in [1.807, 2.05) is 0 Å². The van der Waals surface area contributed by atoms with E-state index in [9.17, 15) is 0 Å². The van der Waals surface area contributed by atoms with Crippen molar-refractivity contribution in [1.29, 1.82) is 0 Å². The Balaban J connectivity index is 2.01. The standard InChI is InChI=1S/C17H18N2S/c1-10-5-6-14-15(9-10)20-17(18-14)19-16-12(3)7-11(2)8-13(16)4/h5-9H,1-4H3,(H,18,19). The first kappa shape index (κ1) is 13.1. The first-order valence-electron chi connectivity index (χ1n) is 6.75. The Morgan fingerprint density at radius 1 is 0.900 bits per heavy atom. The van der Waals surface area contributed by atoms with Gasteiger partial charge in [-0.3, -0.25) is 0 Å². The van der Waals surface area contributed by atoms with E-state index in [0.29, 0.717) is 0 Å². The smallest absolute Gasteiger partial charge is 0.188 e. The molecule has 1 heterocycles. The van der Waals surface area contributed by atoms with Gasteiger partial charge in [-0.25, -0.2) is 4.98 Å². The van der Waals surface area contributed by atoms with Crippen molar-refractivity contribution in [2.75, 3.05) is 5.32 Å². The maximum Gasteiger partial charge on any atom is 0.188 e. The second-order valence-electron chi connectivity index (χ2n) is 5.39. The Morgan fingerprint density at radius 2 is 1.60 bits per heavy atom. The molecule has 1 N–H and O–H groups in total. The Hall–Kier alpha value is -1.87. The molecule has 0 spiro atoms. The van der Waals surface area contributed by atoms with E-state index in [0.717, 1.165) is 10.6 Å². The van der Waals surface area contributed by atoms with Gasteiger partial charge in [-0.1, -0.05) is 35.1 Å². The molecule has 3 heteroatoms. The van der Waals surface area contributed by atoms with Crippen LogP contribution >= 0.6 is 11.3 Å². The molecule has 0 unspecified atom stereocenters. The molecule has 20 heavy (non-hydrogen) atoms. The Kier molecular flexibility index (Phi) is 3.22. The molecule has 0 fully saturated rings. The third-order valence-corrected chi connectivity index (χ3v) is 4.39.